The minimum absolute atomic E-state index is 0.0153. The molecule has 0 amide bonds. The lowest BCUT2D eigenvalue weighted by Crippen LogP contribution is -2.56. The zero-order valence-electron chi connectivity index (χ0n) is 14.7. The molecule has 146 valence electrons. The first kappa shape index (κ1) is 19.7. The van der Waals surface area contributed by atoms with Crippen molar-refractivity contribution in [2.24, 2.45) is 0 Å². The van der Waals surface area contributed by atoms with Crippen LogP contribution in [0.4, 0.5) is 0 Å². The van der Waals surface area contributed by atoms with Gasteiger partial charge in [0.2, 0.25) is 10.0 Å². The topological polar surface area (TPSA) is 124 Å². The molecule has 1 aliphatic heterocycles. The first-order chi connectivity index (χ1) is 12.7. The van der Waals surface area contributed by atoms with E-state index in [-0.39, 0.29) is 23.7 Å². The van der Waals surface area contributed by atoms with Crippen molar-refractivity contribution in [1.82, 2.24) is 13.8 Å². The summed E-state index contributed by atoms with van der Waals surface area (Å²) < 4.78 is 33.7. The SMILES string of the molecule is Cc1noc(C)c1SN1CCN(S(=O)(=O)c2ccc(O)cc2)C(C(=O)O)C1. The fourth-order valence-corrected chi connectivity index (χ4v) is 5.35. The van der Waals surface area contributed by atoms with Gasteiger partial charge in [0.1, 0.15) is 17.6 Å². The van der Waals surface area contributed by atoms with Gasteiger partial charge in [-0.25, -0.2) is 12.7 Å². The molecule has 11 heteroatoms. The van der Waals surface area contributed by atoms with Crippen molar-refractivity contribution in [2.75, 3.05) is 19.6 Å². The van der Waals surface area contributed by atoms with E-state index in [0.717, 1.165) is 9.20 Å². The molecule has 2 aromatic rings. The molecule has 1 atom stereocenters. The molecule has 1 aromatic carbocycles. The number of phenols is 1. The van der Waals surface area contributed by atoms with Crippen LogP contribution in [0.1, 0.15) is 11.5 Å². The van der Waals surface area contributed by atoms with E-state index < -0.39 is 22.0 Å². The van der Waals surface area contributed by atoms with Crippen LogP contribution >= 0.6 is 11.9 Å². The van der Waals surface area contributed by atoms with Crippen LogP contribution in [0.3, 0.4) is 0 Å². The summed E-state index contributed by atoms with van der Waals surface area (Å²) in [6, 6.07) is 3.80. The normalized spacial score (nSPS) is 19.3. The number of aromatic nitrogens is 1. The number of aryl methyl sites for hydroxylation is 2. The number of aliphatic carboxylic acids is 1. The highest BCUT2D eigenvalue weighted by atomic mass is 32.2. The van der Waals surface area contributed by atoms with Crippen LogP contribution in [0.15, 0.2) is 38.6 Å². The second-order valence-corrected chi connectivity index (χ2v) is 9.09. The molecular weight excluding hydrogens is 394 g/mol. The summed E-state index contributed by atoms with van der Waals surface area (Å²) in [5.74, 6) is -0.658. The maximum Gasteiger partial charge on any atom is 0.323 e. The fourth-order valence-electron chi connectivity index (χ4n) is 2.80. The van der Waals surface area contributed by atoms with E-state index in [9.17, 15) is 23.4 Å². The van der Waals surface area contributed by atoms with Gasteiger partial charge < -0.3 is 14.7 Å². The molecule has 1 saturated heterocycles. The summed E-state index contributed by atoms with van der Waals surface area (Å²) in [6.07, 6.45) is 0. The lowest BCUT2D eigenvalue weighted by Gasteiger charge is -2.37. The zero-order valence-corrected chi connectivity index (χ0v) is 16.3. The number of piperazine rings is 1. The molecular formula is C16H19N3O6S2. The highest BCUT2D eigenvalue weighted by molar-refractivity contribution is 7.97. The maximum atomic E-state index is 12.9. The van der Waals surface area contributed by atoms with Gasteiger partial charge >= 0.3 is 5.97 Å². The molecule has 0 bridgehead atoms. The number of sulfonamides is 1. The Morgan fingerprint density at radius 1 is 1.26 bits per heavy atom. The van der Waals surface area contributed by atoms with Crippen molar-refractivity contribution in [1.29, 1.82) is 0 Å². The second kappa shape index (κ2) is 7.50. The second-order valence-electron chi connectivity index (χ2n) is 6.10. The van der Waals surface area contributed by atoms with E-state index in [2.05, 4.69) is 5.16 Å². The van der Waals surface area contributed by atoms with Crippen molar-refractivity contribution < 1.29 is 27.9 Å². The van der Waals surface area contributed by atoms with Crippen LogP contribution < -0.4 is 0 Å². The van der Waals surface area contributed by atoms with Gasteiger partial charge in [0.15, 0.2) is 0 Å². The molecule has 0 aliphatic carbocycles. The summed E-state index contributed by atoms with van der Waals surface area (Å²) >= 11 is 1.32. The third-order valence-electron chi connectivity index (χ3n) is 4.21. The summed E-state index contributed by atoms with van der Waals surface area (Å²) in [5, 5.41) is 22.8. The van der Waals surface area contributed by atoms with Crippen LogP contribution in [-0.2, 0) is 14.8 Å². The number of carbonyl (C=O) groups is 1. The average Bonchev–Trinajstić information content (AvgIpc) is 2.94. The van der Waals surface area contributed by atoms with Crippen LogP contribution in [0.2, 0.25) is 0 Å². The van der Waals surface area contributed by atoms with E-state index in [1.807, 2.05) is 0 Å². The molecule has 0 radical (unpaired) electrons. The third kappa shape index (κ3) is 3.95. The summed E-state index contributed by atoms with van der Waals surface area (Å²) in [7, 11) is -4.00. The summed E-state index contributed by atoms with van der Waals surface area (Å²) in [5.41, 5.74) is 0.698. The van der Waals surface area contributed by atoms with Gasteiger partial charge in [0, 0.05) is 19.6 Å². The number of carboxylic acids is 1. The van der Waals surface area contributed by atoms with Crippen LogP contribution in [0, 0.1) is 13.8 Å². The first-order valence-electron chi connectivity index (χ1n) is 8.09. The molecule has 3 rings (SSSR count). The Morgan fingerprint density at radius 2 is 1.93 bits per heavy atom. The summed E-state index contributed by atoms with van der Waals surface area (Å²) in [6.45, 7) is 3.94. The third-order valence-corrected chi connectivity index (χ3v) is 7.49. The van der Waals surface area contributed by atoms with Crippen molar-refractivity contribution in [3.8, 4) is 5.75 Å². The number of benzene rings is 1. The standard InChI is InChI=1S/C16H19N3O6S2/c1-10-15(11(2)25-17-10)26-18-7-8-19(14(9-18)16(21)22)27(23,24)13-5-3-12(20)4-6-13/h3-6,14,20H,7-9H2,1-2H3,(H,21,22). The van der Waals surface area contributed by atoms with E-state index in [1.54, 1.807) is 18.2 Å². The molecule has 1 fully saturated rings. The Hall–Kier alpha value is -2.08. The van der Waals surface area contributed by atoms with Crippen LogP contribution in [0.5, 0.6) is 5.75 Å². The highest BCUT2D eigenvalue weighted by Crippen LogP contribution is 2.32. The predicted octanol–water partition coefficient (Wildman–Crippen LogP) is 1.46. The van der Waals surface area contributed by atoms with Crippen molar-refractivity contribution >= 4 is 27.9 Å². The molecule has 0 saturated carbocycles. The minimum Gasteiger partial charge on any atom is -0.508 e. The van der Waals surface area contributed by atoms with E-state index in [4.69, 9.17) is 4.52 Å². The summed E-state index contributed by atoms with van der Waals surface area (Å²) in [4.78, 5) is 12.5. The first-order valence-corrected chi connectivity index (χ1v) is 10.3. The Kier molecular flexibility index (Phi) is 5.47. The van der Waals surface area contributed by atoms with Crippen LogP contribution in [0.25, 0.3) is 0 Å². The molecule has 1 aromatic heterocycles. The number of phenolic OH excluding ortho intramolecular Hbond substituents is 1. The number of nitrogens with zero attached hydrogens (tertiary/aromatic N) is 3. The minimum atomic E-state index is -4.00. The van der Waals surface area contributed by atoms with Gasteiger partial charge in [-0.15, -0.1) is 0 Å². The van der Waals surface area contributed by atoms with Gasteiger partial charge in [0.05, 0.1) is 15.5 Å². The van der Waals surface area contributed by atoms with Gasteiger partial charge in [-0.05, 0) is 50.1 Å². The maximum absolute atomic E-state index is 12.9. The van der Waals surface area contributed by atoms with Gasteiger partial charge in [-0.1, -0.05) is 5.16 Å². The van der Waals surface area contributed by atoms with Crippen molar-refractivity contribution in [3.63, 3.8) is 0 Å². The molecule has 27 heavy (non-hydrogen) atoms. The molecule has 2 heterocycles. The Bertz CT molecular complexity index is 922. The van der Waals surface area contributed by atoms with E-state index >= 15 is 0 Å². The fraction of sp³-hybridized carbons (Fsp3) is 0.375. The quantitative estimate of drug-likeness (QED) is 0.701. The lowest BCUT2D eigenvalue weighted by atomic mass is 10.2. The monoisotopic (exact) mass is 413 g/mol. The predicted molar refractivity (Wildman–Crippen MR) is 96.8 cm³/mol. The molecule has 1 unspecified atom stereocenters. The Morgan fingerprint density at radius 3 is 2.48 bits per heavy atom. The van der Waals surface area contributed by atoms with E-state index in [1.165, 1.54) is 36.2 Å². The van der Waals surface area contributed by atoms with Gasteiger partial charge in [-0.2, -0.15) is 4.31 Å². The van der Waals surface area contributed by atoms with Gasteiger partial charge in [0.25, 0.3) is 0 Å². The zero-order chi connectivity index (χ0) is 19.8. The number of carboxylic acid groups (broad SMARTS) is 1. The average molecular weight is 413 g/mol. The Balaban J connectivity index is 1.82. The largest absolute Gasteiger partial charge is 0.508 e. The molecule has 1 aliphatic rings. The highest BCUT2D eigenvalue weighted by Gasteiger charge is 2.40. The number of rotatable bonds is 5. The molecule has 0 spiro atoms. The van der Waals surface area contributed by atoms with Crippen molar-refractivity contribution in [3.05, 3.63) is 35.7 Å². The molecule has 9 nitrogen and oxygen atoms in total. The number of aromatic hydroxyl groups is 1. The molecule has 2 N–H and O–H groups in total. The number of hydrogen-bond donors (Lipinski definition) is 2. The van der Waals surface area contributed by atoms with Gasteiger partial charge in [-0.3, -0.25) is 4.79 Å². The Labute approximate surface area is 160 Å². The number of hydrogen-bond acceptors (Lipinski definition) is 8. The van der Waals surface area contributed by atoms with Crippen molar-refractivity contribution in [2.45, 2.75) is 29.7 Å². The van der Waals surface area contributed by atoms with Crippen LogP contribution in [-0.4, -0.2) is 64.0 Å². The smallest absolute Gasteiger partial charge is 0.323 e. The van der Waals surface area contributed by atoms with E-state index in [0.29, 0.717) is 18.0 Å². The lowest BCUT2D eigenvalue weighted by molar-refractivity contribution is -0.142.